The van der Waals surface area contributed by atoms with E-state index in [-0.39, 0.29) is 24.7 Å². The van der Waals surface area contributed by atoms with Crippen molar-refractivity contribution in [1.82, 2.24) is 5.32 Å². The van der Waals surface area contributed by atoms with Gasteiger partial charge in [-0.3, -0.25) is 0 Å². The number of aliphatic hydroxyl groups excluding tert-OH is 1. The second-order valence-electron chi connectivity index (χ2n) is 4.37. The lowest BCUT2D eigenvalue weighted by Crippen LogP contribution is -2.20. The Morgan fingerprint density at radius 3 is 2.74 bits per heavy atom. The van der Waals surface area contributed by atoms with Crippen LogP contribution in [0.3, 0.4) is 0 Å². The van der Waals surface area contributed by atoms with Crippen molar-refractivity contribution >= 4 is 12.1 Å². The smallest absolute Gasteiger partial charge is 0.407 e. The number of amides is 1. The molecule has 1 atom stereocenters. The average Bonchev–Trinajstić information content (AvgIpc) is 2.74. The quantitative estimate of drug-likeness (QED) is 0.512. The summed E-state index contributed by atoms with van der Waals surface area (Å²) in [5.74, 6) is -1.35. The molecule has 0 heterocycles. The number of carboxylic acids is 1. The number of aliphatic carboxylic acids is 1. The van der Waals surface area contributed by atoms with Gasteiger partial charge < -0.3 is 20.3 Å². The summed E-state index contributed by atoms with van der Waals surface area (Å²) in [4.78, 5) is 22.2. The normalized spacial score (nSPS) is 19.5. The van der Waals surface area contributed by atoms with Crippen LogP contribution in [-0.2, 0) is 9.53 Å². The van der Waals surface area contributed by atoms with Crippen molar-refractivity contribution in [3.05, 3.63) is 22.8 Å². The van der Waals surface area contributed by atoms with Gasteiger partial charge in [-0.2, -0.15) is 0 Å². The summed E-state index contributed by atoms with van der Waals surface area (Å²) < 4.78 is 4.76. The highest BCUT2D eigenvalue weighted by molar-refractivity contribution is 5.88. The van der Waals surface area contributed by atoms with Gasteiger partial charge in [0.15, 0.2) is 0 Å². The van der Waals surface area contributed by atoms with E-state index in [0.717, 1.165) is 17.6 Å². The van der Waals surface area contributed by atoms with Gasteiger partial charge in [-0.1, -0.05) is 5.57 Å². The molecule has 0 saturated carbocycles. The zero-order chi connectivity index (χ0) is 14.4. The van der Waals surface area contributed by atoms with Crippen molar-refractivity contribution in [2.45, 2.75) is 19.8 Å². The molecule has 0 aromatic heterocycles. The van der Waals surface area contributed by atoms with Gasteiger partial charge in [-0.15, -0.1) is 0 Å². The van der Waals surface area contributed by atoms with Crippen molar-refractivity contribution < 1.29 is 24.5 Å². The molecular formula is C13H19NO5. The predicted octanol–water partition coefficient (Wildman–Crippen LogP) is 1.07. The van der Waals surface area contributed by atoms with Gasteiger partial charge in [0.2, 0.25) is 0 Å². The maximum atomic E-state index is 11.3. The predicted molar refractivity (Wildman–Crippen MR) is 68.6 cm³/mol. The number of nitrogens with one attached hydrogen (secondary N) is 1. The molecule has 6 nitrogen and oxygen atoms in total. The molecule has 0 spiro atoms. The first-order valence-electron chi connectivity index (χ1n) is 6.08. The Kier molecular flexibility index (Phi) is 5.57. The van der Waals surface area contributed by atoms with Gasteiger partial charge in [-0.05, 0) is 31.4 Å². The van der Waals surface area contributed by atoms with E-state index in [9.17, 15) is 19.8 Å². The molecule has 0 bridgehead atoms. The van der Waals surface area contributed by atoms with E-state index in [0.29, 0.717) is 6.42 Å². The molecule has 0 fully saturated rings. The van der Waals surface area contributed by atoms with E-state index < -0.39 is 12.1 Å². The highest BCUT2D eigenvalue weighted by Gasteiger charge is 2.29. The van der Waals surface area contributed by atoms with E-state index >= 15 is 0 Å². The van der Waals surface area contributed by atoms with Gasteiger partial charge in [-0.25, -0.2) is 9.59 Å². The number of ether oxygens (including phenoxy) is 1. The van der Waals surface area contributed by atoms with Crippen molar-refractivity contribution in [1.29, 1.82) is 0 Å². The molecule has 1 aliphatic carbocycles. The zero-order valence-corrected chi connectivity index (χ0v) is 11.1. The van der Waals surface area contributed by atoms with Crippen LogP contribution in [0, 0.1) is 5.92 Å². The number of allylic oxidation sites excluding steroid dienone is 1. The molecule has 1 rings (SSSR count). The first kappa shape index (κ1) is 15.2. The average molecular weight is 269 g/mol. The maximum absolute atomic E-state index is 11.3. The van der Waals surface area contributed by atoms with E-state index in [1.165, 1.54) is 13.1 Å². The van der Waals surface area contributed by atoms with E-state index in [1.807, 2.05) is 6.92 Å². The molecule has 1 aliphatic rings. The van der Waals surface area contributed by atoms with Crippen LogP contribution in [0.1, 0.15) is 19.8 Å². The molecule has 1 amide bonds. The highest BCUT2D eigenvalue weighted by Crippen LogP contribution is 2.36. The topological polar surface area (TPSA) is 95.9 Å². The van der Waals surface area contributed by atoms with Crippen LogP contribution in [0.5, 0.6) is 0 Å². The Labute approximate surface area is 111 Å². The molecule has 0 aromatic carbocycles. The summed E-state index contributed by atoms with van der Waals surface area (Å²) in [7, 11) is 1.43. The van der Waals surface area contributed by atoms with Crippen LogP contribution in [-0.4, -0.2) is 42.5 Å². The molecule has 0 saturated heterocycles. The first-order valence-corrected chi connectivity index (χ1v) is 6.08. The van der Waals surface area contributed by atoms with Crippen molar-refractivity contribution in [2.75, 3.05) is 20.3 Å². The van der Waals surface area contributed by atoms with Crippen molar-refractivity contribution in [3.8, 4) is 0 Å². The summed E-state index contributed by atoms with van der Waals surface area (Å²) in [5, 5.41) is 20.8. The Hall–Kier alpha value is -1.82. The summed E-state index contributed by atoms with van der Waals surface area (Å²) in [6.07, 6.45) is 2.22. The molecule has 106 valence electrons. The minimum Gasteiger partial charge on any atom is -0.478 e. The largest absolute Gasteiger partial charge is 0.478 e. The third kappa shape index (κ3) is 3.82. The molecular weight excluding hydrogens is 250 g/mol. The fourth-order valence-corrected chi connectivity index (χ4v) is 2.24. The van der Waals surface area contributed by atoms with Gasteiger partial charge in [0.1, 0.15) is 6.61 Å². The lowest BCUT2D eigenvalue weighted by molar-refractivity contribution is -0.133. The second-order valence-corrected chi connectivity index (χ2v) is 4.37. The molecule has 6 heteroatoms. The Morgan fingerprint density at radius 1 is 1.53 bits per heavy atom. The van der Waals surface area contributed by atoms with E-state index in [1.54, 1.807) is 0 Å². The number of carboxylic acid groups (broad SMARTS) is 1. The second kappa shape index (κ2) is 6.94. The van der Waals surface area contributed by atoms with Crippen LogP contribution in [0.25, 0.3) is 0 Å². The zero-order valence-electron chi connectivity index (χ0n) is 11.1. The fourth-order valence-electron chi connectivity index (χ4n) is 2.24. The highest BCUT2D eigenvalue weighted by atomic mass is 16.5. The molecule has 19 heavy (non-hydrogen) atoms. The Balaban J connectivity index is 2.81. The number of rotatable bonds is 5. The monoisotopic (exact) mass is 269 g/mol. The third-order valence-corrected chi connectivity index (χ3v) is 3.29. The standard InChI is InChI=1S/C13H19NO5/c1-8-3-4-9(11(8)7-15)10(12(16)17)5-6-19-13(18)14-2/h5,9,15H,3-4,6-7H2,1-2H3,(H,14,18)(H,16,17)/t9-/m1/s1. The van der Waals surface area contributed by atoms with Crippen LogP contribution in [0.15, 0.2) is 22.8 Å². The minimum absolute atomic E-state index is 0.102. The lowest BCUT2D eigenvalue weighted by atomic mass is 9.92. The Bertz CT molecular complexity index is 425. The van der Waals surface area contributed by atoms with Crippen LogP contribution >= 0.6 is 0 Å². The summed E-state index contributed by atoms with van der Waals surface area (Å²) in [6.45, 7) is 1.65. The maximum Gasteiger partial charge on any atom is 0.407 e. The van der Waals surface area contributed by atoms with Crippen LogP contribution < -0.4 is 5.32 Å². The van der Waals surface area contributed by atoms with E-state index in [4.69, 9.17) is 4.74 Å². The number of carbonyl (C=O) groups is 2. The van der Waals surface area contributed by atoms with Gasteiger partial charge >= 0.3 is 12.1 Å². The molecule has 0 radical (unpaired) electrons. The minimum atomic E-state index is -1.05. The SMILES string of the molecule is CNC(=O)OCC=C(C(=O)O)[C@H]1CCC(C)=C1CO. The first-order chi connectivity index (χ1) is 9.01. The molecule has 0 aliphatic heterocycles. The van der Waals surface area contributed by atoms with Gasteiger partial charge in [0.25, 0.3) is 0 Å². The summed E-state index contributed by atoms with van der Waals surface area (Å²) in [5.41, 5.74) is 1.96. The fraction of sp³-hybridized carbons (Fsp3) is 0.538. The lowest BCUT2D eigenvalue weighted by Gasteiger charge is -2.15. The number of alkyl carbamates (subject to hydrolysis) is 1. The number of hydrogen-bond donors (Lipinski definition) is 3. The Morgan fingerprint density at radius 2 is 2.21 bits per heavy atom. The van der Waals surface area contributed by atoms with Gasteiger partial charge in [0, 0.05) is 18.5 Å². The van der Waals surface area contributed by atoms with Crippen molar-refractivity contribution in [3.63, 3.8) is 0 Å². The number of hydrogen-bond acceptors (Lipinski definition) is 4. The van der Waals surface area contributed by atoms with Gasteiger partial charge in [0.05, 0.1) is 6.61 Å². The molecule has 3 N–H and O–H groups in total. The van der Waals surface area contributed by atoms with Crippen LogP contribution in [0.4, 0.5) is 4.79 Å². The van der Waals surface area contributed by atoms with Crippen molar-refractivity contribution in [2.24, 2.45) is 5.92 Å². The third-order valence-electron chi connectivity index (χ3n) is 3.29. The molecule has 0 unspecified atom stereocenters. The number of aliphatic hydroxyl groups is 1. The van der Waals surface area contributed by atoms with E-state index in [2.05, 4.69) is 5.32 Å². The van der Waals surface area contributed by atoms with Crippen LogP contribution in [0.2, 0.25) is 0 Å². The molecule has 0 aromatic rings. The summed E-state index contributed by atoms with van der Waals surface area (Å²) in [6, 6.07) is 0. The summed E-state index contributed by atoms with van der Waals surface area (Å²) >= 11 is 0. The number of carbonyl (C=O) groups excluding carboxylic acids is 1.